The van der Waals surface area contributed by atoms with E-state index in [4.69, 9.17) is 0 Å². The minimum Gasteiger partial charge on any atom is -0.197 e. The van der Waals surface area contributed by atoms with Gasteiger partial charge in [-0.3, -0.25) is 0 Å². The molecule has 1 aliphatic carbocycles. The van der Waals surface area contributed by atoms with Gasteiger partial charge in [0.25, 0.3) is 0 Å². The third-order valence-corrected chi connectivity index (χ3v) is 5.13. The Hall–Kier alpha value is -1.17. The second kappa shape index (κ2) is 5.05. The summed E-state index contributed by atoms with van der Waals surface area (Å²) in [5.74, 6) is -50.6. The lowest BCUT2D eigenvalue weighted by Crippen LogP contribution is -2.91. The Morgan fingerprint density at radius 3 is 0.926 bits per heavy atom. The topological polar surface area (TPSA) is 34.1 Å². The normalized spacial score (nSPS) is 28.6. The lowest BCUT2D eigenvalue weighted by Gasteiger charge is -2.55. The maximum atomic E-state index is 13.5. The molecule has 0 bridgehead atoms. The van der Waals surface area contributed by atoms with Crippen molar-refractivity contribution >= 4 is 10.2 Å². The molecule has 1 saturated carbocycles. The molecule has 0 aromatic carbocycles. The molecule has 1 fully saturated rings. The molecule has 162 valence electrons. The van der Waals surface area contributed by atoms with Crippen LogP contribution in [0.5, 0.6) is 0 Å². The first-order valence-electron chi connectivity index (χ1n) is 5.53. The van der Waals surface area contributed by atoms with E-state index in [0.717, 1.165) is 0 Å². The molecule has 0 aromatic heterocycles. The Labute approximate surface area is 136 Å². The molecule has 1 rings (SSSR count). The van der Waals surface area contributed by atoms with E-state index in [1.54, 1.807) is 0 Å². The number of hydrogen-bond donors (Lipinski definition) is 0. The van der Waals surface area contributed by atoms with Gasteiger partial charge in [-0.15, -0.1) is 3.89 Å². The minimum atomic E-state index is -9.20. The molecule has 0 N–H and O–H groups in total. The van der Waals surface area contributed by atoms with Gasteiger partial charge in [-0.25, -0.2) is 0 Å². The Bertz CT molecular complexity index is 700. The van der Waals surface area contributed by atoms with Crippen LogP contribution < -0.4 is 0 Å². The molecule has 2 nitrogen and oxygen atoms in total. The molecule has 0 saturated heterocycles. The maximum absolute atomic E-state index is 13.5. The van der Waals surface area contributed by atoms with Crippen molar-refractivity contribution in [1.82, 2.24) is 0 Å². The van der Waals surface area contributed by atoms with Gasteiger partial charge in [-0.2, -0.15) is 74.3 Å². The predicted molar refractivity (Wildman–Crippen MR) is 48.5 cm³/mol. The van der Waals surface area contributed by atoms with Gasteiger partial charge in [-0.1, -0.05) is 0 Å². The summed E-state index contributed by atoms with van der Waals surface area (Å²) in [5.41, 5.74) is 0. The van der Waals surface area contributed by atoms with Crippen LogP contribution in [0.4, 0.5) is 69.7 Å². The number of halogens is 16. The average Bonchev–Trinajstić information content (AvgIpc) is 2.32. The van der Waals surface area contributed by atoms with Gasteiger partial charge in [0.15, 0.2) is 0 Å². The van der Waals surface area contributed by atoms with Crippen LogP contribution in [0.25, 0.3) is 0 Å². The Kier molecular flexibility index (Phi) is 4.47. The molecule has 0 amide bonds. The van der Waals surface area contributed by atoms with Crippen LogP contribution in [0, 0.1) is 0 Å². The van der Waals surface area contributed by atoms with Crippen molar-refractivity contribution in [2.24, 2.45) is 0 Å². The highest BCUT2D eigenvalue weighted by Gasteiger charge is 3.09. The highest BCUT2D eigenvalue weighted by Crippen LogP contribution is 2.74. The van der Waals surface area contributed by atoms with Gasteiger partial charge < -0.3 is 0 Å². The van der Waals surface area contributed by atoms with Crippen LogP contribution in [0.2, 0.25) is 0 Å². The number of hydrogen-bond acceptors (Lipinski definition) is 2. The Morgan fingerprint density at radius 1 is 0.519 bits per heavy atom. The quantitative estimate of drug-likeness (QED) is 0.449. The summed E-state index contributed by atoms with van der Waals surface area (Å²) in [7, 11) is -9.20. The van der Waals surface area contributed by atoms with Crippen LogP contribution >= 0.6 is 0 Å². The van der Waals surface area contributed by atoms with E-state index in [1.165, 1.54) is 0 Å². The van der Waals surface area contributed by atoms with Crippen molar-refractivity contribution in [2.75, 3.05) is 0 Å². The van der Waals surface area contributed by atoms with Crippen molar-refractivity contribution in [3.8, 4) is 0 Å². The largest absolute Gasteiger partial charge is 0.455 e. The first-order chi connectivity index (χ1) is 11.2. The first kappa shape index (κ1) is 23.9. The third-order valence-electron chi connectivity index (χ3n) is 3.63. The van der Waals surface area contributed by atoms with Crippen LogP contribution in [-0.2, 0) is 10.2 Å². The minimum absolute atomic E-state index is 8.09. The molecular formula is C8F16O2S. The summed E-state index contributed by atoms with van der Waals surface area (Å²) in [5, 5.41) is 0. The zero-order valence-electron chi connectivity index (χ0n) is 11.3. The van der Waals surface area contributed by atoms with E-state index in [2.05, 4.69) is 0 Å². The fraction of sp³-hybridized carbons (Fsp3) is 1.00. The van der Waals surface area contributed by atoms with E-state index in [0.29, 0.717) is 0 Å². The summed E-state index contributed by atoms with van der Waals surface area (Å²) in [6.07, 6.45) is -8.13. The van der Waals surface area contributed by atoms with Gasteiger partial charge in [0.05, 0.1) is 0 Å². The fourth-order valence-electron chi connectivity index (χ4n) is 2.28. The van der Waals surface area contributed by atoms with Crippen LogP contribution in [0.1, 0.15) is 0 Å². The van der Waals surface area contributed by atoms with Crippen molar-refractivity contribution < 1.29 is 78.2 Å². The van der Waals surface area contributed by atoms with Gasteiger partial charge in [0, 0.05) is 0 Å². The zero-order valence-corrected chi connectivity index (χ0v) is 12.1. The molecule has 0 spiro atoms. The predicted octanol–water partition coefficient (Wildman–Crippen LogP) is 4.41. The molecular weight excluding hydrogens is 464 g/mol. The molecule has 0 unspecified atom stereocenters. The molecule has 0 aliphatic heterocycles. The van der Waals surface area contributed by atoms with E-state index in [-0.39, 0.29) is 0 Å². The van der Waals surface area contributed by atoms with E-state index in [1.807, 2.05) is 0 Å². The number of rotatable bonds is 2. The lowest BCUT2D eigenvalue weighted by atomic mass is 9.70. The van der Waals surface area contributed by atoms with Gasteiger partial charge >= 0.3 is 56.7 Å². The Morgan fingerprint density at radius 2 is 0.741 bits per heavy atom. The highest BCUT2D eigenvalue weighted by atomic mass is 32.3. The molecule has 0 heterocycles. The van der Waals surface area contributed by atoms with Crippen molar-refractivity contribution in [3.05, 3.63) is 0 Å². The van der Waals surface area contributed by atoms with Crippen LogP contribution in [0.3, 0.4) is 0 Å². The van der Waals surface area contributed by atoms with Gasteiger partial charge in [0.2, 0.25) is 0 Å². The molecule has 0 aromatic rings. The molecule has 0 radical (unpaired) electrons. The van der Waals surface area contributed by atoms with Crippen molar-refractivity contribution in [3.63, 3.8) is 0 Å². The van der Waals surface area contributed by atoms with Gasteiger partial charge in [0.1, 0.15) is 0 Å². The van der Waals surface area contributed by atoms with Crippen LogP contribution in [0.15, 0.2) is 0 Å². The SMILES string of the molecule is O=S(=O)(F)C1(C(F)(F)C(F)(F)F)C(F)(F)C(F)(F)C(F)(F)C(F)(F)C1(F)F. The number of alkyl halides is 15. The highest BCUT2D eigenvalue weighted by molar-refractivity contribution is 7.88. The molecule has 27 heavy (non-hydrogen) atoms. The molecule has 1 aliphatic rings. The average molecular weight is 464 g/mol. The summed E-state index contributed by atoms with van der Waals surface area (Å²) in [6.45, 7) is 0. The van der Waals surface area contributed by atoms with E-state index in [9.17, 15) is 78.2 Å². The molecule has 0 atom stereocenters. The summed E-state index contributed by atoms with van der Waals surface area (Å²) >= 11 is 0. The summed E-state index contributed by atoms with van der Waals surface area (Å²) in [6, 6.07) is 0. The molecule has 19 heteroatoms. The lowest BCUT2D eigenvalue weighted by molar-refractivity contribution is -0.483. The van der Waals surface area contributed by atoms with E-state index >= 15 is 0 Å². The first-order valence-corrected chi connectivity index (χ1v) is 6.91. The second-order valence-electron chi connectivity index (χ2n) is 5.06. The van der Waals surface area contributed by atoms with Crippen molar-refractivity contribution in [1.29, 1.82) is 0 Å². The fourth-order valence-corrected chi connectivity index (χ4v) is 3.57. The monoisotopic (exact) mass is 464 g/mol. The van der Waals surface area contributed by atoms with Crippen LogP contribution in [-0.4, -0.2) is 54.9 Å². The van der Waals surface area contributed by atoms with E-state index < -0.39 is 56.7 Å². The third kappa shape index (κ3) is 2.03. The van der Waals surface area contributed by atoms with Gasteiger partial charge in [-0.05, 0) is 0 Å². The standard InChI is InChI=1S/C8F16O2S/c9-2(10)1(27(24,25)26,4(13,14)8(21,22)23)3(11,12)6(17,18)7(19,20)5(2,15)16. The second-order valence-corrected chi connectivity index (χ2v) is 6.55. The Balaban J connectivity index is 4.46. The maximum Gasteiger partial charge on any atom is 0.455 e. The summed E-state index contributed by atoms with van der Waals surface area (Å²) < 4.78 is 221. The summed E-state index contributed by atoms with van der Waals surface area (Å²) in [4.78, 5) is 0. The van der Waals surface area contributed by atoms with Crippen molar-refractivity contribution in [2.45, 2.75) is 46.5 Å². The smallest absolute Gasteiger partial charge is 0.197 e. The zero-order chi connectivity index (χ0) is 22.5.